The number of carboxylic acid groups (broad SMARTS) is 2. The fourth-order valence-corrected chi connectivity index (χ4v) is 1.26. The highest BCUT2D eigenvalue weighted by atomic mass is 16.6. The first kappa shape index (κ1) is 15.1. The van der Waals surface area contributed by atoms with E-state index in [1.165, 1.54) is 0 Å². The number of rotatable bonds is 5. The number of aliphatic carboxylic acids is 2. The summed E-state index contributed by atoms with van der Waals surface area (Å²) in [4.78, 5) is 32.7. The van der Waals surface area contributed by atoms with Gasteiger partial charge in [-0.1, -0.05) is 0 Å². The summed E-state index contributed by atoms with van der Waals surface area (Å²) in [5.41, 5.74) is -0.450. The van der Waals surface area contributed by atoms with Crippen LogP contribution in [-0.2, 0) is 14.3 Å². The van der Waals surface area contributed by atoms with Crippen molar-refractivity contribution in [3.05, 3.63) is 17.7 Å². The first-order valence-corrected chi connectivity index (χ1v) is 5.13. The van der Waals surface area contributed by atoms with Gasteiger partial charge in [-0.2, -0.15) is 0 Å². The van der Waals surface area contributed by atoms with E-state index in [4.69, 9.17) is 15.3 Å². The van der Waals surface area contributed by atoms with E-state index in [1.807, 2.05) is 0 Å². The van der Waals surface area contributed by atoms with E-state index in [9.17, 15) is 24.6 Å². The molecule has 20 heavy (non-hydrogen) atoms. The molecule has 1 rings (SSSR count). The molecule has 0 saturated carbocycles. The summed E-state index contributed by atoms with van der Waals surface area (Å²) in [7, 11) is 0. The highest BCUT2D eigenvalue weighted by Crippen LogP contribution is 2.35. The molecule has 0 spiro atoms. The maximum absolute atomic E-state index is 11.6. The molecule has 9 nitrogen and oxygen atoms in total. The fourth-order valence-electron chi connectivity index (χ4n) is 1.26. The molecule has 0 aliphatic carbocycles. The van der Waals surface area contributed by atoms with Crippen LogP contribution in [0.15, 0.2) is 12.1 Å². The Bertz CT molecular complexity index is 540. The third-order valence-corrected chi connectivity index (χ3v) is 2.19. The van der Waals surface area contributed by atoms with Crippen LogP contribution in [-0.4, -0.2) is 49.5 Å². The van der Waals surface area contributed by atoms with Gasteiger partial charge in [-0.25, -0.2) is 9.59 Å². The normalized spacial score (nSPS) is 11.6. The number of ether oxygens (including phenoxy) is 1. The van der Waals surface area contributed by atoms with Gasteiger partial charge in [-0.05, 0) is 12.1 Å². The lowest BCUT2D eigenvalue weighted by atomic mass is 10.2. The topological polar surface area (TPSA) is 162 Å². The molecule has 9 heteroatoms. The average molecular weight is 286 g/mol. The van der Waals surface area contributed by atoms with Crippen LogP contribution in [0, 0.1) is 0 Å². The second-order valence-electron chi connectivity index (χ2n) is 3.69. The molecule has 1 aromatic rings. The Morgan fingerprint density at radius 2 is 1.55 bits per heavy atom. The van der Waals surface area contributed by atoms with Crippen LogP contribution in [0.1, 0.15) is 16.8 Å². The molecule has 0 fully saturated rings. The number of benzene rings is 1. The smallest absolute Gasteiger partial charge is 0.345 e. The molecule has 0 amide bonds. The van der Waals surface area contributed by atoms with E-state index in [0.29, 0.717) is 0 Å². The van der Waals surface area contributed by atoms with E-state index in [0.717, 1.165) is 12.1 Å². The van der Waals surface area contributed by atoms with E-state index >= 15 is 0 Å². The van der Waals surface area contributed by atoms with Gasteiger partial charge < -0.3 is 30.3 Å². The van der Waals surface area contributed by atoms with Crippen LogP contribution in [0.4, 0.5) is 0 Å². The maximum Gasteiger partial charge on any atom is 0.345 e. The van der Waals surface area contributed by atoms with Crippen molar-refractivity contribution in [2.24, 2.45) is 0 Å². The number of phenols is 3. The minimum atomic E-state index is -1.92. The highest BCUT2D eigenvalue weighted by molar-refractivity contribution is 5.93. The number of hydrogen-bond donors (Lipinski definition) is 5. The quantitative estimate of drug-likeness (QED) is 0.367. The summed E-state index contributed by atoms with van der Waals surface area (Å²) in [5, 5.41) is 44.6. The van der Waals surface area contributed by atoms with Gasteiger partial charge in [0.2, 0.25) is 6.10 Å². The highest BCUT2D eigenvalue weighted by Gasteiger charge is 2.26. The molecule has 108 valence electrons. The van der Waals surface area contributed by atoms with Crippen molar-refractivity contribution in [1.82, 2.24) is 0 Å². The lowest BCUT2D eigenvalue weighted by Gasteiger charge is -2.12. The fraction of sp³-hybridized carbons (Fsp3) is 0.182. The van der Waals surface area contributed by atoms with Crippen molar-refractivity contribution in [2.45, 2.75) is 12.5 Å². The lowest BCUT2D eigenvalue weighted by Crippen LogP contribution is -2.29. The zero-order chi connectivity index (χ0) is 15.4. The van der Waals surface area contributed by atoms with Gasteiger partial charge >= 0.3 is 17.9 Å². The molecule has 0 unspecified atom stereocenters. The van der Waals surface area contributed by atoms with Gasteiger partial charge in [-0.15, -0.1) is 0 Å². The Kier molecular flexibility index (Phi) is 4.36. The number of carbonyl (C=O) groups is 3. The second kappa shape index (κ2) is 5.78. The Labute approximate surface area is 111 Å². The average Bonchev–Trinajstić information content (AvgIpc) is 2.33. The Balaban J connectivity index is 2.95. The van der Waals surface area contributed by atoms with Crippen molar-refractivity contribution in [1.29, 1.82) is 0 Å². The van der Waals surface area contributed by atoms with Crippen LogP contribution in [0.5, 0.6) is 17.2 Å². The van der Waals surface area contributed by atoms with Gasteiger partial charge in [-0.3, -0.25) is 4.79 Å². The number of esters is 1. The molecule has 0 aliphatic rings. The summed E-state index contributed by atoms with van der Waals surface area (Å²) in [5.74, 6) is -6.91. The third kappa shape index (κ3) is 3.51. The Hall–Kier alpha value is -2.97. The molecule has 1 atom stereocenters. The molecule has 0 heterocycles. The molecule has 0 aliphatic heterocycles. The molecular weight excluding hydrogens is 276 g/mol. The van der Waals surface area contributed by atoms with Crippen LogP contribution in [0.3, 0.4) is 0 Å². The van der Waals surface area contributed by atoms with Gasteiger partial charge in [0.15, 0.2) is 17.2 Å². The van der Waals surface area contributed by atoms with Crippen LogP contribution >= 0.6 is 0 Å². The first-order chi connectivity index (χ1) is 9.22. The van der Waals surface area contributed by atoms with Gasteiger partial charge in [0, 0.05) is 0 Å². The molecular formula is C11H10O9. The van der Waals surface area contributed by atoms with Gasteiger partial charge in [0.25, 0.3) is 0 Å². The largest absolute Gasteiger partial charge is 0.504 e. The summed E-state index contributed by atoms with van der Waals surface area (Å²) in [6.07, 6.45) is -2.87. The minimum absolute atomic E-state index is 0.450. The molecule has 0 bridgehead atoms. The monoisotopic (exact) mass is 286 g/mol. The molecule has 0 saturated heterocycles. The number of aromatic hydroxyl groups is 3. The Morgan fingerprint density at radius 3 is 1.95 bits per heavy atom. The SMILES string of the molecule is O=C(O)C[C@H](OC(=O)c1cc(O)c(O)c(O)c1)C(=O)O. The van der Waals surface area contributed by atoms with Gasteiger partial charge in [0.1, 0.15) is 0 Å². The van der Waals surface area contributed by atoms with Crippen molar-refractivity contribution in [3.8, 4) is 17.2 Å². The standard InChI is InChI=1S/C11H10O9/c12-5-1-4(2-6(13)9(5)16)11(19)20-7(10(17)18)3-8(14)15/h1-2,7,12-13,16H,3H2,(H,14,15)(H,17,18)/t7-/m0/s1. The third-order valence-electron chi connectivity index (χ3n) is 2.19. The van der Waals surface area contributed by atoms with Crippen LogP contribution < -0.4 is 0 Å². The number of carboxylic acids is 2. The van der Waals surface area contributed by atoms with E-state index < -0.39 is 53.2 Å². The molecule has 5 N–H and O–H groups in total. The predicted molar refractivity (Wildman–Crippen MR) is 60.5 cm³/mol. The van der Waals surface area contributed by atoms with Crippen molar-refractivity contribution in [2.75, 3.05) is 0 Å². The second-order valence-corrected chi connectivity index (χ2v) is 3.69. The summed E-state index contributed by atoms with van der Waals surface area (Å²) < 4.78 is 4.44. The van der Waals surface area contributed by atoms with Crippen LogP contribution in [0.25, 0.3) is 0 Å². The van der Waals surface area contributed by atoms with Crippen LogP contribution in [0.2, 0.25) is 0 Å². The van der Waals surface area contributed by atoms with E-state index in [-0.39, 0.29) is 0 Å². The van der Waals surface area contributed by atoms with Crippen molar-refractivity contribution in [3.63, 3.8) is 0 Å². The van der Waals surface area contributed by atoms with E-state index in [1.54, 1.807) is 0 Å². The number of phenolic OH excluding ortho intramolecular Hbond substituents is 3. The summed E-state index contributed by atoms with van der Waals surface area (Å²) in [6.45, 7) is 0. The summed E-state index contributed by atoms with van der Waals surface area (Å²) in [6, 6.07) is 1.47. The lowest BCUT2D eigenvalue weighted by molar-refractivity contribution is -0.153. The van der Waals surface area contributed by atoms with Crippen molar-refractivity contribution < 1.29 is 44.7 Å². The molecule has 0 radical (unpaired) electrons. The Morgan fingerprint density at radius 1 is 1.05 bits per heavy atom. The predicted octanol–water partition coefficient (Wildman–Crippen LogP) is -0.112. The maximum atomic E-state index is 11.6. The van der Waals surface area contributed by atoms with Crippen molar-refractivity contribution >= 4 is 17.9 Å². The zero-order valence-corrected chi connectivity index (χ0v) is 9.81. The van der Waals surface area contributed by atoms with Gasteiger partial charge in [0.05, 0.1) is 12.0 Å². The van der Waals surface area contributed by atoms with E-state index in [2.05, 4.69) is 4.74 Å². The number of hydrogen-bond acceptors (Lipinski definition) is 7. The first-order valence-electron chi connectivity index (χ1n) is 5.13. The number of carbonyl (C=O) groups excluding carboxylic acids is 1. The zero-order valence-electron chi connectivity index (χ0n) is 9.81. The molecule has 0 aromatic heterocycles. The minimum Gasteiger partial charge on any atom is -0.504 e. The summed E-state index contributed by atoms with van der Waals surface area (Å²) >= 11 is 0. The molecule has 1 aromatic carbocycles.